The third kappa shape index (κ3) is 2.63. The zero-order valence-corrected chi connectivity index (χ0v) is 11.2. The average Bonchev–Trinajstić information content (AvgIpc) is 2.26. The first-order valence-corrected chi connectivity index (χ1v) is 6.62. The number of halogens is 3. The summed E-state index contributed by atoms with van der Waals surface area (Å²) in [6, 6.07) is 0. The maximum Gasteiger partial charge on any atom is 0.148 e. The van der Waals surface area contributed by atoms with Crippen molar-refractivity contribution in [1.29, 1.82) is 0 Å². The van der Waals surface area contributed by atoms with Gasteiger partial charge in [0.2, 0.25) is 0 Å². The van der Waals surface area contributed by atoms with Crippen molar-refractivity contribution >= 4 is 39.1 Å². The zero-order chi connectivity index (χ0) is 10.8. The van der Waals surface area contributed by atoms with Gasteiger partial charge in [-0.05, 0) is 28.8 Å². The van der Waals surface area contributed by atoms with Gasteiger partial charge in [-0.2, -0.15) is 0 Å². The van der Waals surface area contributed by atoms with Crippen LogP contribution in [0.3, 0.4) is 0 Å². The van der Waals surface area contributed by atoms with Crippen LogP contribution in [0.4, 0.5) is 0 Å². The van der Waals surface area contributed by atoms with E-state index < -0.39 is 0 Å². The molecule has 0 saturated heterocycles. The van der Waals surface area contributed by atoms with E-state index in [2.05, 4.69) is 25.9 Å². The van der Waals surface area contributed by atoms with Crippen molar-refractivity contribution in [2.24, 2.45) is 0 Å². The van der Waals surface area contributed by atoms with Crippen LogP contribution < -0.4 is 0 Å². The van der Waals surface area contributed by atoms with E-state index in [4.69, 9.17) is 23.2 Å². The van der Waals surface area contributed by atoms with Gasteiger partial charge in [-0.15, -0.1) is 0 Å². The Balaban J connectivity index is 2.27. The molecule has 0 amide bonds. The number of hydrogen-bond acceptors (Lipinski definition) is 2. The molecule has 0 bridgehead atoms. The molecular weight excluding hydrogens is 299 g/mol. The molecule has 1 saturated carbocycles. The van der Waals surface area contributed by atoms with Gasteiger partial charge in [0, 0.05) is 5.92 Å². The molecule has 0 atom stereocenters. The lowest BCUT2D eigenvalue weighted by molar-refractivity contribution is 0.428. The highest BCUT2D eigenvalue weighted by atomic mass is 79.9. The van der Waals surface area contributed by atoms with Crippen molar-refractivity contribution in [2.45, 2.75) is 38.0 Å². The van der Waals surface area contributed by atoms with E-state index in [9.17, 15) is 0 Å². The Morgan fingerprint density at radius 3 is 2.07 bits per heavy atom. The van der Waals surface area contributed by atoms with Crippen LogP contribution in [0.2, 0.25) is 10.3 Å². The van der Waals surface area contributed by atoms with Crippen molar-refractivity contribution in [3.05, 3.63) is 20.6 Å². The summed E-state index contributed by atoms with van der Waals surface area (Å²) in [6.45, 7) is 0. The highest BCUT2D eigenvalue weighted by Crippen LogP contribution is 2.34. The van der Waals surface area contributed by atoms with Crippen LogP contribution in [-0.4, -0.2) is 9.97 Å². The van der Waals surface area contributed by atoms with Crippen molar-refractivity contribution < 1.29 is 0 Å². The molecule has 0 aromatic carbocycles. The van der Waals surface area contributed by atoms with Crippen molar-refractivity contribution in [3.63, 3.8) is 0 Å². The molecule has 0 aliphatic heterocycles. The zero-order valence-electron chi connectivity index (χ0n) is 8.14. The predicted octanol–water partition coefficient (Wildman–Crippen LogP) is 4.59. The molecule has 0 unspecified atom stereocenters. The van der Waals surface area contributed by atoms with Gasteiger partial charge in [-0.1, -0.05) is 42.5 Å². The van der Waals surface area contributed by atoms with Crippen LogP contribution in [0.1, 0.15) is 43.8 Å². The minimum Gasteiger partial charge on any atom is -0.220 e. The van der Waals surface area contributed by atoms with Gasteiger partial charge in [-0.25, -0.2) is 9.97 Å². The number of nitrogens with zero attached hydrogens (tertiary/aromatic N) is 2. The lowest BCUT2D eigenvalue weighted by Gasteiger charge is -2.20. The second-order valence-corrected chi connectivity index (χ2v) is 5.32. The van der Waals surface area contributed by atoms with E-state index in [1.807, 2.05) is 0 Å². The van der Waals surface area contributed by atoms with Crippen LogP contribution in [0.15, 0.2) is 4.47 Å². The molecule has 1 fully saturated rings. The molecule has 0 N–H and O–H groups in total. The van der Waals surface area contributed by atoms with Crippen molar-refractivity contribution in [1.82, 2.24) is 9.97 Å². The molecule has 1 aliphatic rings. The molecule has 0 radical (unpaired) electrons. The molecule has 5 heteroatoms. The van der Waals surface area contributed by atoms with Crippen LogP contribution >= 0.6 is 39.1 Å². The van der Waals surface area contributed by atoms with Crippen LogP contribution in [-0.2, 0) is 0 Å². The summed E-state index contributed by atoms with van der Waals surface area (Å²) in [7, 11) is 0. The Kier molecular flexibility index (Phi) is 3.86. The van der Waals surface area contributed by atoms with Gasteiger partial charge in [0.25, 0.3) is 0 Å². The highest BCUT2D eigenvalue weighted by molar-refractivity contribution is 9.10. The van der Waals surface area contributed by atoms with E-state index in [-0.39, 0.29) is 0 Å². The Labute approximate surface area is 108 Å². The average molecular weight is 310 g/mol. The Morgan fingerprint density at radius 2 is 1.53 bits per heavy atom. The Bertz CT molecular complexity index is 341. The molecule has 1 aromatic heterocycles. The normalized spacial score (nSPS) is 18.1. The molecule has 15 heavy (non-hydrogen) atoms. The fourth-order valence-corrected chi connectivity index (χ4v) is 2.53. The van der Waals surface area contributed by atoms with Gasteiger partial charge in [0.15, 0.2) is 0 Å². The molecule has 2 rings (SSSR count). The highest BCUT2D eigenvalue weighted by Gasteiger charge is 2.20. The van der Waals surface area contributed by atoms with Crippen LogP contribution in [0.5, 0.6) is 0 Å². The summed E-state index contributed by atoms with van der Waals surface area (Å²) >= 11 is 15.2. The molecular formula is C10H11BrCl2N2. The first kappa shape index (κ1) is 11.6. The maximum absolute atomic E-state index is 5.96. The second kappa shape index (κ2) is 4.98. The smallest absolute Gasteiger partial charge is 0.148 e. The molecule has 1 heterocycles. The summed E-state index contributed by atoms with van der Waals surface area (Å²) < 4.78 is 0.588. The Morgan fingerprint density at radius 1 is 1.00 bits per heavy atom. The summed E-state index contributed by atoms with van der Waals surface area (Å²) in [5.74, 6) is 1.23. The van der Waals surface area contributed by atoms with Crippen molar-refractivity contribution in [2.75, 3.05) is 0 Å². The monoisotopic (exact) mass is 308 g/mol. The van der Waals surface area contributed by atoms with Gasteiger partial charge >= 0.3 is 0 Å². The molecule has 1 aromatic rings. The van der Waals surface area contributed by atoms with E-state index in [1.165, 1.54) is 19.3 Å². The van der Waals surface area contributed by atoms with E-state index in [0.29, 0.717) is 20.7 Å². The van der Waals surface area contributed by atoms with E-state index in [1.54, 1.807) is 0 Å². The quantitative estimate of drug-likeness (QED) is 0.709. The van der Waals surface area contributed by atoms with Crippen molar-refractivity contribution in [3.8, 4) is 0 Å². The first-order valence-electron chi connectivity index (χ1n) is 5.07. The first-order chi connectivity index (χ1) is 7.18. The topological polar surface area (TPSA) is 25.8 Å². The maximum atomic E-state index is 5.96. The third-order valence-corrected chi connectivity index (χ3v) is 4.51. The second-order valence-electron chi connectivity index (χ2n) is 3.81. The SMILES string of the molecule is Clc1nc(C2CCCCC2)nc(Cl)c1Br. The Hall–Kier alpha value is 0.140. The van der Waals surface area contributed by atoms with Crippen LogP contribution in [0, 0.1) is 0 Å². The summed E-state index contributed by atoms with van der Waals surface area (Å²) in [5.41, 5.74) is 0. The molecule has 82 valence electrons. The predicted molar refractivity (Wildman–Crippen MR) is 65.6 cm³/mol. The minimum absolute atomic E-state index is 0.413. The summed E-state index contributed by atoms with van der Waals surface area (Å²) in [5, 5.41) is 0.825. The van der Waals surface area contributed by atoms with Crippen LogP contribution in [0.25, 0.3) is 0 Å². The van der Waals surface area contributed by atoms with Gasteiger partial charge in [-0.3, -0.25) is 0 Å². The lowest BCUT2D eigenvalue weighted by Crippen LogP contribution is -2.09. The lowest BCUT2D eigenvalue weighted by atomic mass is 9.89. The fourth-order valence-electron chi connectivity index (χ4n) is 1.95. The summed E-state index contributed by atoms with van der Waals surface area (Å²) in [4.78, 5) is 8.56. The van der Waals surface area contributed by atoms with Gasteiger partial charge < -0.3 is 0 Å². The largest absolute Gasteiger partial charge is 0.220 e. The number of aromatic nitrogens is 2. The van der Waals surface area contributed by atoms with Gasteiger partial charge in [0.1, 0.15) is 16.1 Å². The standard InChI is InChI=1S/C10H11BrCl2N2/c11-7-8(12)14-10(15-9(7)13)6-4-2-1-3-5-6/h6H,1-5H2. The third-order valence-electron chi connectivity index (χ3n) is 2.76. The molecule has 1 aliphatic carbocycles. The minimum atomic E-state index is 0.413. The van der Waals surface area contributed by atoms with E-state index in [0.717, 1.165) is 18.7 Å². The number of rotatable bonds is 1. The fraction of sp³-hybridized carbons (Fsp3) is 0.600. The number of hydrogen-bond donors (Lipinski definition) is 0. The summed E-state index contributed by atoms with van der Waals surface area (Å²) in [6.07, 6.45) is 6.11. The van der Waals surface area contributed by atoms with Gasteiger partial charge in [0.05, 0.1) is 4.47 Å². The molecule has 0 spiro atoms. The molecule has 2 nitrogen and oxygen atoms in total. The van der Waals surface area contributed by atoms with E-state index >= 15 is 0 Å².